The number of carbonyl (C=O) groups excluding carboxylic acids is 1. The van der Waals surface area contributed by atoms with Crippen LogP contribution in [0.5, 0.6) is 0 Å². The van der Waals surface area contributed by atoms with Crippen LogP contribution in [0.3, 0.4) is 0 Å². The van der Waals surface area contributed by atoms with E-state index in [0.717, 1.165) is 0 Å². The number of esters is 1. The van der Waals surface area contributed by atoms with Crippen LogP contribution in [0.1, 0.15) is 21.5 Å². The largest absolute Gasteiger partial charge is 0.432 e. The van der Waals surface area contributed by atoms with Gasteiger partial charge in [0.25, 0.3) is 0 Å². The highest BCUT2D eigenvalue weighted by atomic mass is 16.6. The van der Waals surface area contributed by atoms with Crippen LogP contribution in [-0.4, -0.2) is 5.97 Å². The van der Waals surface area contributed by atoms with Gasteiger partial charge >= 0.3 is 5.97 Å². The number of benzene rings is 2. The number of hydrogen-bond acceptors (Lipinski definition) is 4. The molecule has 0 saturated carbocycles. The Hall–Kier alpha value is -2.33. The SMILES string of the molecule is Nc1cccc2c1C(N)(c1ccccc1)OC2=O. The van der Waals surface area contributed by atoms with Gasteiger partial charge in [-0.2, -0.15) is 0 Å². The van der Waals surface area contributed by atoms with Crippen LogP contribution < -0.4 is 11.5 Å². The number of cyclic esters (lactones) is 1. The lowest BCUT2D eigenvalue weighted by atomic mass is 9.92. The Morgan fingerprint density at radius 3 is 2.44 bits per heavy atom. The minimum Gasteiger partial charge on any atom is -0.432 e. The van der Waals surface area contributed by atoms with Gasteiger partial charge in [-0.3, -0.25) is 5.73 Å². The topological polar surface area (TPSA) is 78.3 Å². The number of nitrogens with two attached hydrogens (primary N) is 2. The van der Waals surface area contributed by atoms with E-state index < -0.39 is 11.7 Å². The summed E-state index contributed by atoms with van der Waals surface area (Å²) in [7, 11) is 0. The molecule has 0 radical (unpaired) electrons. The Bertz CT molecular complexity index is 625. The molecule has 4 nitrogen and oxygen atoms in total. The summed E-state index contributed by atoms with van der Waals surface area (Å²) >= 11 is 0. The molecule has 0 bridgehead atoms. The van der Waals surface area contributed by atoms with Crippen LogP contribution in [0, 0.1) is 0 Å². The van der Waals surface area contributed by atoms with Gasteiger partial charge in [-0.25, -0.2) is 4.79 Å². The molecule has 0 aliphatic carbocycles. The van der Waals surface area contributed by atoms with E-state index in [9.17, 15) is 4.79 Å². The van der Waals surface area contributed by atoms with E-state index in [1.54, 1.807) is 18.2 Å². The number of anilines is 1. The maximum atomic E-state index is 11.8. The molecular weight excluding hydrogens is 228 g/mol. The van der Waals surface area contributed by atoms with Gasteiger partial charge in [0.05, 0.1) is 11.1 Å². The van der Waals surface area contributed by atoms with Gasteiger partial charge in [0.2, 0.25) is 5.72 Å². The Morgan fingerprint density at radius 2 is 1.72 bits per heavy atom. The van der Waals surface area contributed by atoms with Crippen molar-refractivity contribution in [1.82, 2.24) is 0 Å². The molecule has 2 aromatic rings. The molecule has 18 heavy (non-hydrogen) atoms. The van der Waals surface area contributed by atoms with Crippen molar-refractivity contribution < 1.29 is 9.53 Å². The zero-order valence-corrected chi connectivity index (χ0v) is 9.59. The Kier molecular flexibility index (Phi) is 2.15. The van der Waals surface area contributed by atoms with Gasteiger partial charge < -0.3 is 10.5 Å². The fourth-order valence-electron chi connectivity index (χ4n) is 2.30. The summed E-state index contributed by atoms with van der Waals surface area (Å²) in [4.78, 5) is 11.8. The van der Waals surface area contributed by atoms with Gasteiger partial charge in [0.15, 0.2) is 0 Å². The molecule has 1 aliphatic rings. The molecule has 4 N–H and O–H groups in total. The average molecular weight is 240 g/mol. The highest BCUT2D eigenvalue weighted by Crippen LogP contribution is 2.40. The van der Waals surface area contributed by atoms with Gasteiger partial charge in [-0.05, 0) is 12.1 Å². The monoisotopic (exact) mass is 240 g/mol. The van der Waals surface area contributed by atoms with Crippen molar-refractivity contribution in [1.29, 1.82) is 0 Å². The predicted octanol–water partition coefficient (Wildman–Crippen LogP) is 1.60. The first-order valence-corrected chi connectivity index (χ1v) is 5.59. The van der Waals surface area contributed by atoms with Crippen LogP contribution in [0.4, 0.5) is 5.69 Å². The molecule has 0 spiro atoms. The second-order valence-electron chi connectivity index (χ2n) is 4.26. The van der Waals surface area contributed by atoms with Crippen LogP contribution in [0.15, 0.2) is 48.5 Å². The van der Waals surface area contributed by atoms with Crippen molar-refractivity contribution in [3.8, 4) is 0 Å². The molecule has 0 amide bonds. The Balaban J connectivity index is 2.27. The molecule has 0 fully saturated rings. The Morgan fingerprint density at radius 1 is 1.00 bits per heavy atom. The summed E-state index contributed by atoms with van der Waals surface area (Å²) in [5, 5.41) is 0. The zero-order chi connectivity index (χ0) is 12.8. The number of carbonyl (C=O) groups is 1. The van der Waals surface area contributed by atoms with Gasteiger partial charge in [0.1, 0.15) is 0 Å². The molecule has 4 heteroatoms. The summed E-state index contributed by atoms with van der Waals surface area (Å²) in [6, 6.07) is 14.3. The van der Waals surface area contributed by atoms with E-state index in [-0.39, 0.29) is 0 Å². The van der Waals surface area contributed by atoms with Crippen molar-refractivity contribution in [2.75, 3.05) is 5.73 Å². The Labute approximate surface area is 104 Å². The van der Waals surface area contributed by atoms with E-state index in [4.69, 9.17) is 16.2 Å². The molecule has 1 unspecified atom stereocenters. The van der Waals surface area contributed by atoms with E-state index >= 15 is 0 Å². The normalized spacial score (nSPS) is 21.5. The second-order valence-corrected chi connectivity index (χ2v) is 4.26. The third kappa shape index (κ3) is 1.33. The second kappa shape index (κ2) is 3.58. The van der Waals surface area contributed by atoms with Crippen molar-refractivity contribution >= 4 is 11.7 Å². The van der Waals surface area contributed by atoms with E-state index in [1.165, 1.54) is 0 Å². The fourth-order valence-corrected chi connectivity index (χ4v) is 2.30. The van der Waals surface area contributed by atoms with Gasteiger partial charge in [-0.15, -0.1) is 0 Å². The van der Waals surface area contributed by atoms with E-state index in [2.05, 4.69) is 0 Å². The van der Waals surface area contributed by atoms with Crippen molar-refractivity contribution in [3.63, 3.8) is 0 Å². The summed E-state index contributed by atoms with van der Waals surface area (Å²) in [6.45, 7) is 0. The summed E-state index contributed by atoms with van der Waals surface area (Å²) < 4.78 is 5.35. The molecular formula is C14H12N2O2. The number of ether oxygens (including phenoxy) is 1. The van der Waals surface area contributed by atoms with Crippen molar-refractivity contribution in [3.05, 3.63) is 65.2 Å². The minimum atomic E-state index is -1.29. The van der Waals surface area contributed by atoms with Gasteiger partial charge in [-0.1, -0.05) is 36.4 Å². The number of hydrogen-bond donors (Lipinski definition) is 2. The van der Waals surface area contributed by atoms with Crippen LogP contribution in [0.2, 0.25) is 0 Å². The molecule has 1 atom stereocenters. The standard InChI is InChI=1S/C14H12N2O2/c15-11-8-4-7-10-12(11)14(16,18-13(10)17)9-5-2-1-3-6-9/h1-8H,15-16H2. The maximum Gasteiger partial charge on any atom is 0.340 e. The van der Waals surface area contributed by atoms with Crippen LogP contribution in [0.25, 0.3) is 0 Å². The number of nitrogen functional groups attached to an aromatic ring is 1. The average Bonchev–Trinajstić information content (AvgIpc) is 2.65. The molecule has 0 aromatic heterocycles. The minimum absolute atomic E-state index is 0.432. The lowest BCUT2D eigenvalue weighted by molar-refractivity contribution is 0.0135. The summed E-state index contributed by atoms with van der Waals surface area (Å²) in [5.74, 6) is -0.441. The quantitative estimate of drug-likeness (QED) is 0.586. The van der Waals surface area contributed by atoms with E-state index in [0.29, 0.717) is 22.4 Å². The molecule has 3 rings (SSSR count). The van der Waals surface area contributed by atoms with Gasteiger partial charge in [0, 0.05) is 11.3 Å². The maximum absolute atomic E-state index is 11.8. The number of fused-ring (bicyclic) bond motifs is 1. The third-order valence-electron chi connectivity index (χ3n) is 3.14. The first-order valence-electron chi connectivity index (χ1n) is 5.59. The van der Waals surface area contributed by atoms with E-state index in [1.807, 2.05) is 30.3 Å². The summed E-state index contributed by atoms with van der Waals surface area (Å²) in [5.41, 5.74) is 13.0. The fraction of sp³-hybridized carbons (Fsp3) is 0.0714. The molecule has 0 saturated heterocycles. The number of rotatable bonds is 1. The highest BCUT2D eigenvalue weighted by Gasteiger charge is 2.45. The predicted molar refractivity (Wildman–Crippen MR) is 67.7 cm³/mol. The third-order valence-corrected chi connectivity index (χ3v) is 3.14. The summed E-state index contributed by atoms with van der Waals surface area (Å²) in [6.07, 6.45) is 0. The van der Waals surface area contributed by atoms with Crippen LogP contribution >= 0.6 is 0 Å². The van der Waals surface area contributed by atoms with Crippen LogP contribution in [-0.2, 0) is 10.5 Å². The molecule has 90 valence electrons. The highest BCUT2D eigenvalue weighted by molar-refractivity contribution is 5.97. The lowest BCUT2D eigenvalue weighted by Gasteiger charge is -2.25. The molecule has 1 aliphatic heterocycles. The lowest BCUT2D eigenvalue weighted by Crippen LogP contribution is -2.38. The van der Waals surface area contributed by atoms with Crippen molar-refractivity contribution in [2.24, 2.45) is 5.73 Å². The molecule has 1 heterocycles. The molecule has 2 aromatic carbocycles. The van der Waals surface area contributed by atoms with Crippen molar-refractivity contribution in [2.45, 2.75) is 5.72 Å². The first-order chi connectivity index (χ1) is 8.63. The zero-order valence-electron chi connectivity index (χ0n) is 9.59. The smallest absolute Gasteiger partial charge is 0.340 e. The first kappa shape index (κ1) is 10.8.